The molecule has 3 aliphatic rings. The number of rotatable bonds is 3. The Balaban J connectivity index is 1.55. The van der Waals surface area contributed by atoms with Crippen LogP contribution in [0.25, 0.3) is 5.57 Å². The standard InChI is InChI=1S/C31H27NO5/c1-16-6-12-24(18(3)13-16)32-29(33)26-22(19-7-9-20(36-4)10-8-19)15-23-21-11-5-17(2)14-25(21)37-31(35)27(23)28(26)30(32)34/h5-15,22,26-28H,1-4H3/t22-,26-,27-,28+/m0/s1. The predicted octanol–water partition coefficient (Wildman–Crippen LogP) is 5.14. The average molecular weight is 494 g/mol. The predicted molar refractivity (Wildman–Crippen MR) is 139 cm³/mol. The molecule has 1 aliphatic carbocycles. The smallest absolute Gasteiger partial charge is 0.319 e. The minimum Gasteiger partial charge on any atom is -0.497 e. The van der Waals surface area contributed by atoms with Crippen molar-refractivity contribution in [2.24, 2.45) is 17.8 Å². The van der Waals surface area contributed by atoms with Crippen molar-refractivity contribution < 1.29 is 23.9 Å². The van der Waals surface area contributed by atoms with Gasteiger partial charge in [0.2, 0.25) is 11.8 Å². The first-order chi connectivity index (χ1) is 17.8. The third kappa shape index (κ3) is 3.50. The minimum atomic E-state index is -0.859. The zero-order chi connectivity index (χ0) is 26.0. The summed E-state index contributed by atoms with van der Waals surface area (Å²) in [6.45, 7) is 5.80. The number of carbonyl (C=O) groups excluding carboxylic acids is 3. The summed E-state index contributed by atoms with van der Waals surface area (Å²) in [5, 5.41) is 0. The van der Waals surface area contributed by atoms with Crippen LogP contribution in [0, 0.1) is 38.5 Å². The number of fused-ring (bicyclic) bond motifs is 5. The highest BCUT2D eigenvalue weighted by molar-refractivity contribution is 6.25. The van der Waals surface area contributed by atoms with Gasteiger partial charge in [-0.2, -0.15) is 0 Å². The topological polar surface area (TPSA) is 72.9 Å². The van der Waals surface area contributed by atoms with Crippen molar-refractivity contribution in [2.75, 3.05) is 12.0 Å². The van der Waals surface area contributed by atoms with Crippen molar-refractivity contribution in [1.29, 1.82) is 0 Å². The SMILES string of the molecule is COc1ccc([C@@H]2C=C3c4ccc(C)cc4OC(=O)[C@@H]3[C@@H]3C(=O)N(c4ccc(C)cc4C)C(=O)[C@H]32)cc1. The van der Waals surface area contributed by atoms with Crippen LogP contribution in [0.5, 0.6) is 11.5 Å². The fourth-order valence-corrected chi connectivity index (χ4v) is 6.11. The summed E-state index contributed by atoms with van der Waals surface area (Å²) < 4.78 is 11.1. The maximum atomic E-state index is 14.1. The fourth-order valence-electron chi connectivity index (χ4n) is 6.11. The van der Waals surface area contributed by atoms with Crippen molar-refractivity contribution in [2.45, 2.75) is 26.7 Å². The Morgan fingerprint density at radius 2 is 1.49 bits per heavy atom. The lowest BCUT2D eigenvalue weighted by atomic mass is 9.64. The lowest BCUT2D eigenvalue weighted by Gasteiger charge is -2.38. The van der Waals surface area contributed by atoms with Crippen LogP contribution in [0.15, 0.2) is 66.7 Å². The van der Waals surface area contributed by atoms with Gasteiger partial charge in [-0.25, -0.2) is 4.90 Å². The van der Waals surface area contributed by atoms with Gasteiger partial charge in [0, 0.05) is 11.5 Å². The van der Waals surface area contributed by atoms with E-state index in [2.05, 4.69) is 0 Å². The van der Waals surface area contributed by atoms with E-state index in [-0.39, 0.29) is 11.8 Å². The molecule has 37 heavy (non-hydrogen) atoms. The summed E-state index contributed by atoms with van der Waals surface area (Å²) in [5.74, 6) is -2.77. The Hall–Kier alpha value is -4.19. The molecule has 2 aliphatic heterocycles. The normalized spacial score (nSPS) is 24.2. The molecule has 1 fully saturated rings. The highest BCUT2D eigenvalue weighted by Crippen LogP contribution is 2.55. The van der Waals surface area contributed by atoms with Gasteiger partial charge in [0.25, 0.3) is 0 Å². The second kappa shape index (κ2) is 8.44. The van der Waals surface area contributed by atoms with Crippen LogP contribution in [-0.4, -0.2) is 24.9 Å². The average Bonchev–Trinajstić information content (AvgIpc) is 3.13. The van der Waals surface area contributed by atoms with Crippen LogP contribution in [0.4, 0.5) is 5.69 Å². The van der Waals surface area contributed by atoms with Crippen LogP contribution >= 0.6 is 0 Å². The minimum absolute atomic E-state index is 0.291. The highest BCUT2D eigenvalue weighted by atomic mass is 16.5. The molecule has 3 aromatic rings. The van der Waals surface area contributed by atoms with E-state index in [0.717, 1.165) is 33.4 Å². The Morgan fingerprint density at radius 1 is 0.811 bits per heavy atom. The number of esters is 1. The molecule has 6 rings (SSSR count). The summed E-state index contributed by atoms with van der Waals surface area (Å²) in [4.78, 5) is 42.9. The zero-order valence-corrected chi connectivity index (χ0v) is 21.1. The molecule has 6 heteroatoms. The second-order valence-corrected chi connectivity index (χ2v) is 10.2. The lowest BCUT2D eigenvalue weighted by Crippen LogP contribution is -2.42. The molecule has 0 spiro atoms. The summed E-state index contributed by atoms with van der Waals surface area (Å²) >= 11 is 0. The van der Waals surface area contributed by atoms with Crippen molar-refractivity contribution in [3.63, 3.8) is 0 Å². The van der Waals surface area contributed by atoms with Crippen LogP contribution in [0.3, 0.4) is 0 Å². The molecule has 186 valence electrons. The van der Waals surface area contributed by atoms with E-state index in [1.54, 1.807) is 7.11 Å². The maximum absolute atomic E-state index is 14.1. The van der Waals surface area contributed by atoms with Crippen LogP contribution in [-0.2, 0) is 14.4 Å². The van der Waals surface area contributed by atoms with E-state index in [9.17, 15) is 14.4 Å². The van der Waals surface area contributed by atoms with Gasteiger partial charge in [0.1, 0.15) is 11.5 Å². The first kappa shape index (κ1) is 23.2. The quantitative estimate of drug-likeness (QED) is 0.287. The molecule has 3 aromatic carbocycles. The second-order valence-electron chi connectivity index (χ2n) is 10.2. The molecule has 2 amide bonds. The van der Waals surface area contributed by atoms with Crippen molar-refractivity contribution >= 4 is 29.0 Å². The van der Waals surface area contributed by atoms with E-state index in [4.69, 9.17) is 9.47 Å². The van der Waals surface area contributed by atoms with Gasteiger partial charge in [-0.15, -0.1) is 0 Å². The number of amides is 2. The Morgan fingerprint density at radius 3 is 2.19 bits per heavy atom. The number of aryl methyl sites for hydroxylation is 3. The number of methoxy groups -OCH3 is 1. The summed E-state index contributed by atoms with van der Waals surface area (Å²) in [6.07, 6.45) is 2.00. The van der Waals surface area contributed by atoms with Crippen molar-refractivity contribution in [3.05, 3.63) is 94.6 Å². The first-order valence-corrected chi connectivity index (χ1v) is 12.4. The molecular weight excluding hydrogens is 466 g/mol. The number of anilines is 1. The Labute approximate surface area is 215 Å². The molecule has 0 bridgehead atoms. The van der Waals surface area contributed by atoms with Gasteiger partial charge in [-0.1, -0.05) is 48.0 Å². The van der Waals surface area contributed by atoms with Crippen LogP contribution in [0.2, 0.25) is 0 Å². The molecule has 0 N–H and O–H groups in total. The Kier molecular flexibility index (Phi) is 5.30. The number of carbonyl (C=O) groups is 3. The Bertz CT molecular complexity index is 1500. The molecule has 2 heterocycles. The third-order valence-electron chi connectivity index (χ3n) is 7.84. The largest absolute Gasteiger partial charge is 0.497 e. The maximum Gasteiger partial charge on any atom is 0.319 e. The number of hydrogen-bond donors (Lipinski definition) is 0. The summed E-state index contributed by atoms with van der Waals surface area (Å²) in [6, 6.07) is 18.9. The molecule has 0 saturated carbocycles. The van der Waals surface area contributed by atoms with Crippen molar-refractivity contribution in [3.8, 4) is 11.5 Å². The van der Waals surface area contributed by atoms with Crippen LogP contribution in [0.1, 0.15) is 33.7 Å². The monoisotopic (exact) mass is 493 g/mol. The number of ether oxygens (including phenoxy) is 2. The van der Waals surface area contributed by atoms with E-state index >= 15 is 0 Å². The molecule has 0 unspecified atom stereocenters. The highest BCUT2D eigenvalue weighted by Gasteiger charge is 2.60. The third-order valence-corrected chi connectivity index (χ3v) is 7.84. The van der Waals surface area contributed by atoms with Crippen LogP contribution < -0.4 is 14.4 Å². The van der Waals surface area contributed by atoms with Gasteiger partial charge < -0.3 is 9.47 Å². The molecule has 0 aromatic heterocycles. The van der Waals surface area contributed by atoms with E-state index in [0.29, 0.717) is 17.2 Å². The van der Waals surface area contributed by atoms with E-state index in [1.807, 2.05) is 87.5 Å². The van der Waals surface area contributed by atoms with Gasteiger partial charge in [0.15, 0.2) is 0 Å². The number of nitrogens with zero attached hydrogens (tertiary/aromatic N) is 1. The zero-order valence-electron chi connectivity index (χ0n) is 21.1. The van der Waals surface area contributed by atoms with Crippen molar-refractivity contribution in [1.82, 2.24) is 0 Å². The first-order valence-electron chi connectivity index (χ1n) is 12.4. The van der Waals surface area contributed by atoms with E-state index in [1.165, 1.54) is 4.90 Å². The molecule has 0 radical (unpaired) electrons. The number of imide groups is 1. The van der Waals surface area contributed by atoms with Gasteiger partial charge >= 0.3 is 5.97 Å². The number of benzene rings is 3. The molecule has 6 nitrogen and oxygen atoms in total. The molecule has 4 atom stereocenters. The fraction of sp³-hybridized carbons (Fsp3) is 0.258. The summed E-state index contributed by atoms with van der Waals surface area (Å²) in [7, 11) is 1.60. The van der Waals surface area contributed by atoms with Gasteiger partial charge in [-0.05, 0) is 67.3 Å². The summed E-state index contributed by atoms with van der Waals surface area (Å²) in [5.41, 5.74) is 5.83. The molecule has 1 saturated heterocycles. The van der Waals surface area contributed by atoms with E-state index < -0.39 is 29.6 Å². The van der Waals surface area contributed by atoms with Gasteiger partial charge in [0.05, 0.1) is 30.6 Å². The van der Waals surface area contributed by atoms with Gasteiger partial charge in [-0.3, -0.25) is 14.4 Å². The molecular formula is C31H27NO5. The number of allylic oxidation sites excluding steroid dienone is 1. The lowest BCUT2D eigenvalue weighted by molar-refractivity contribution is -0.142. The number of hydrogen-bond acceptors (Lipinski definition) is 5.